The van der Waals surface area contributed by atoms with E-state index < -0.39 is 28.8 Å². The Morgan fingerprint density at radius 3 is 2.30 bits per heavy atom. The predicted molar refractivity (Wildman–Crippen MR) is 92.9 cm³/mol. The molecular weight excluding hydrogens is 360 g/mol. The Hall–Kier alpha value is -3.40. The van der Waals surface area contributed by atoms with Gasteiger partial charge in [0.15, 0.2) is 0 Å². The monoisotopic (exact) mass is 372 g/mol. The molecule has 0 N–H and O–H groups in total. The predicted octanol–water partition coefficient (Wildman–Crippen LogP) is 5.27. The minimum Gasteiger partial charge on any atom is -0.313 e. The Balaban J connectivity index is 2.30. The molecule has 3 rings (SSSR count). The third-order valence-electron chi connectivity index (χ3n) is 3.99. The van der Waals surface area contributed by atoms with E-state index in [0.29, 0.717) is 11.1 Å². The Morgan fingerprint density at radius 2 is 1.70 bits per heavy atom. The largest absolute Gasteiger partial charge is 0.407 e. The molecule has 0 radical (unpaired) electrons. The quantitative estimate of drug-likeness (QED) is 0.454. The van der Waals surface area contributed by atoms with Gasteiger partial charge < -0.3 is 4.57 Å². The summed E-state index contributed by atoms with van der Waals surface area (Å²) in [6.07, 6.45) is -4.85. The van der Waals surface area contributed by atoms with Crippen molar-refractivity contribution in [2.75, 3.05) is 0 Å². The number of hydrogen-bond acceptors (Lipinski definition) is 1. The number of rotatable bonds is 3. The molecule has 0 unspecified atom stereocenters. The first-order valence-electron chi connectivity index (χ1n) is 7.83. The second kappa shape index (κ2) is 7.08. The SMILES string of the molecule is [C-]#[N+]c1c(C(F)(F)F)cc(-c2ccccc2)n(Cc2cccc(F)c2)c1=O. The molecule has 27 heavy (non-hydrogen) atoms. The number of pyridine rings is 1. The minimum atomic E-state index is -4.85. The van der Waals surface area contributed by atoms with E-state index in [1.807, 2.05) is 0 Å². The molecule has 0 saturated heterocycles. The highest BCUT2D eigenvalue weighted by Crippen LogP contribution is 2.37. The van der Waals surface area contributed by atoms with Crippen LogP contribution in [-0.2, 0) is 12.7 Å². The van der Waals surface area contributed by atoms with Crippen LogP contribution in [0.15, 0.2) is 65.5 Å². The fourth-order valence-corrected chi connectivity index (χ4v) is 2.78. The van der Waals surface area contributed by atoms with Crippen LogP contribution < -0.4 is 5.56 Å². The fourth-order valence-electron chi connectivity index (χ4n) is 2.78. The summed E-state index contributed by atoms with van der Waals surface area (Å²) in [7, 11) is 0. The summed E-state index contributed by atoms with van der Waals surface area (Å²) >= 11 is 0. The second-order valence-corrected chi connectivity index (χ2v) is 5.79. The summed E-state index contributed by atoms with van der Waals surface area (Å²) in [6, 6.07) is 14.3. The normalized spacial score (nSPS) is 11.2. The zero-order valence-electron chi connectivity index (χ0n) is 13.8. The van der Waals surface area contributed by atoms with Crippen molar-refractivity contribution in [3.63, 3.8) is 0 Å². The maximum atomic E-state index is 13.5. The first-order chi connectivity index (χ1) is 12.8. The number of aromatic nitrogens is 1. The highest BCUT2D eigenvalue weighted by molar-refractivity contribution is 5.66. The van der Waals surface area contributed by atoms with E-state index in [0.717, 1.165) is 10.6 Å². The topological polar surface area (TPSA) is 26.4 Å². The highest BCUT2D eigenvalue weighted by Gasteiger charge is 2.36. The molecule has 0 aliphatic carbocycles. The molecule has 0 atom stereocenters. The van der Waals surface area contributed by atoms with Gasteiger partial charge in [0.2, 0.25) is 0 Å². The molecule has 0 spiro atoms. The molecule has 0 bridgehead atoms. The lowest BCUT2D eigenvalue weighted by molar-refractivity contribution is -0.136. The molecule has 3 nitrogen and oxygen atoms in total. The van der Waals surface area contributed by atoms with Crippen molar-refractivity contribution in [2.45, 2.75) is 12.7 Å². The number of nitrogens with zero attached hydrogens (tertiary/aromatic N) is 2. The van der Waals surface area contributed by atoms with Crippen LogP contribution in [0.5, 0.6) is 0 Å². The number of halogens is 4. The molecule has 3 aromatic rings. The molecule has 7 heteroatoms. The van der Waals surface area contributed by atoms with Crippen LogP contribution in [0, 0.1) is 12.4 Å². The van der Waals surface area contributed by atoms with E-state index in [-0.39, 0.29) is 12.2 Å². The minimum absolute atomic E-state index is 0.00425. The number of benzene rings is 2. The third kappa shape index (κ3) is 3.75. The standard InChI is InChI=1S/C20H12F4N2O/c1-25-18-16(20(22,23)24)11-17(14-7-3-2-4-8-14)26(19(18)27)12-13-6-5-9-15(21)10-13/h2-11H,12H2. The number of alkyl halides is 3. The summed E-state index contributed by atoms with van der Waals surface area (Å²) in [6.45, 7) is 6.88. The molecule has 1 aromatic heterocycles. The first kappa shape index (κ1) is 18.4. The van der Waals surface area contributed by atoms with E-state index >= 15 is 0 Å². The van der Waals surface area contributed by atoms with E-state index in [9.17, 15) is 22.4 Å². The molecule has 0 fully saturated rings. The molecule has 0 aliphatic rings. The first-order valence-corrected chi connectivity index (χ1v) is 7.83. The lowest BCUT2D eigenvalue weighted by atomic mass is 10.1. The van der Waals surface area contributed by atoms with E-state index in [1.165, 1.54) is 18.2 Å². The fraction of sp³-hybridized carbons (Fsp3) is 0.100. The maximum absolute atomic E-state index is 13.5. The second-order valence-electron chi connectivity index (χ2n) is 5.79. The van der Waals surface area contributed by atoms with Crippen LogP contribution >= 0.6 is 0 Å². The van der Waals surface area contributed by atoms with E-state index in [1.54, 1.807) is 36.4 Å². The van der Waals surface area contributed by atoms with Crippen molar-refractivity contribution in [1.29, 1.82) is 0 Å². The van der Waals surface area contributed by atoms with Gasteiger partial charge in [-0.15, -0.1) is 0 Å². The van der Waals surface area contributed by atoms with Gasteiger partial charge in [-0.2, -0.15) is 13.2 Å². The molecule has 0 aliphatic heterocycles. The summed E-state index contributed by atoms with van der Waals surface area (Å²) < 4.78 is 54.7. The smallest absolute Gasteiger partial charge is 0.313 e. The van der Waals surface area contributed by atoms with Gasteiger partial charge in [0.25, 0.3) is 11.2 Å². The molecule has 2 aromatic carbocycles. The lowest BCUT2D eigenvalue weighted by Crippen LogP contribution is -2.25. The van der Waals surface area contributed by atoms with E-state index in [4.69, 9.17) is 6.57 Å². The van der Waals surface area contributed by atoms with Crippen LogP contribution in [0.3, 0.4) is 0 Å². The van der Waals surface area contributed by atoms with Gasteiger partial charge in [0.1, 0.15) is 5.82 Å². The van der Waals surface area contributed by atoms with Crippen molar-refractivity contribution in [1.82, 2.24) is 4.57 Å². The summed E-state index contributed by atoms with van der Waals surface area (Å²) in [4.78, 5) is 15.5. The van der Waals surface area contributed by atoms with Gasteiger partial charge in [0, 0.05) is 5.69 Å². The van der Waals surface area contributed by atoms with E-state index in [2.05, 4.69) is 4.85 Å². The average Bonchev–Trinajstić information content (AvgIpc) is 2.63. The van der Waals surface area contributed by atoms with Gasteiger partial charge >= 0.3 is 6.18 Å². The average molecular weight is 372 g/mol. The van der Waals surface area contributed by atoms with Crippen molar-refractivity contribution in [2.24, 2.45) is 0 Å². The Kier molecular flexibility index (Phi) is 4.82. The van der Waals surface area contributed by atoms with Gasteiger partial charge in [-0.05, 0) is 29.3 Å². The Bertz CT molecular complexity index is 1080. The third-order valence-corrected chi connectivity index (χ3v) is 3.99. The Labute approximate surface area is 151 Å². The van der Waals surface area contributed by atoms with Crippen molar-refractivity contribution in [3.8, 4) is 11.3 Å². The molecule has 0 amide bonds. The van der Waals surface area contributed by atoms with Gasteiger partial charge in [-0.1, -0.05) is 42.5 Å². The maximum Gasteiger partial charge on any atom is 0.407 e. The summed E-state index contributed by atoms with van der Waals surface area (Å²) in [5.41, 5.74) is -2.57. The van der Waals surface area contributed by atoms with Crippen LogP contribution in [0.2, 0.25) is 0 Å². The molecule has 0 saturated carbocycles. The highest BCUT2D eigenvalue weighted by atomic mass is 19.4. The van der Waals surface area contributed by atoms with Gasteiger partial charge in [-0.25, -0.2) is 9.24 Å². The van der Waals surface area contributed by atoms with Gasteiger partial charge in [-0.3, -0.25) is 4.79 Å². The van der Waals surface area contributed by atoms with Crippen LogP contribution in [0.25, 0.3) is 16.1 Å². The molecular formula is C20H12F4N2O. The molecule has 1 heterocycles. The summed E-state index contributed by atoms with van der Waals surface area (Å²) in [5, 5.41) is 0. The van der Waals surface area contributed by atoms with Crippen molar-refractivity contribution >= 4 is 5.69 Å². The van der Waals surface area contributed by atoms with Crippen LogP contribution in [-0.4, -0.2) is 4.57 Å². The van der Waals surface area contributed by atoms with Crippen molar-refractivity contribution in [3.05, 3.63) is 99.4 Å². The summed E-state index contributed by atoms with van der Waals surface area (Å²) in [5.74, 6) is -0.529. The van der Waals surface area contributed by atoms with Crippen molar-refractivity contribution < 1.29 is 17.6 Å². The molecule has 136 valence electrons. The zero-order chi connectivity index (χ0) is 19.6. The number of hydrogen-bond donors (Lipinski definition) is 0. The van der Waals surface area contributed by atoms with Gasteiger partial charge in [0.05, 0.1) is 18.7 Å². The van der Waals surface area contributed by atoms with Crippen LogP contribution in [0.1, 0.15) is 11.1 Å². The Morgan fingerprint density at radius 1 is 1.00 bits per heavy atom. The van der Waals surface area contributed by atoms with Crippen LogP contribution in [0.4, 0.5) is 23.2 Å². The lowest BCUT2D eigenvalue weighted by Gasteiger charge is -2.18. The zero-order valence-corrected chi connectivity index (χ0v) is 13.8.